The Balaban J connectivity index is 2.02. The number of fused-ring (bicyclic) bond motifs is 2. The van der Waals surface area contributed by atoms with Crippen molar-refractivity contribution in [3.05, 3.63) is 47.5 Å². The fourth-order valence-corrected chi connectivity index (χ4v) is 4.76. The molecule has 0 aromatic heterocycles. The lowest BCUT2D eigenvalue weighted by Gasteiger charge is -2.35. The van der Waals surface area contributed by atoms with Crippen molar-refractivity contribution in [1.82, 2.24) is 0 Å². The average Bonchev–Trinajstić information content (AvgIpc) is 2.64. The van der Waals surface area contributed by atoms with E-state index in [1.165, 1.54) is 24.9 Å². The van der Waals surface area contributed by atoms with Gasteiger partial charge in [0.05, 0.1) is 17.8 Å². The maximum Gasteiger partial charge on any atom is 0.307 e. The molecule has 5 heteroatoms. The van der Waals surface area contributed by atoms with Gasteiger partial charge in [0.15, 0.2) is 0 Å². The number of hydrogen-bond donors (Lipinski definition) is 2. The molecule has 0 saturated carbocycles. The van der Waals surface area contributed by atoms with Gasteiger partial charge in [0.1, 0.15) is 0 Å². The standard InChI is InChI=1S/C21H26N2O2S/c1-2-3-4-5-12-23-17-10-6-8-15(13-19(24)25)20(17)26-21-16(14-22)9-7-11-18(21)23/h6-11H,2-5,12-14,22H2,1H3,(H,24,25). The summed E-state index contributed by atoms with van der Waals surface area (Å²) in [5.41, 5.74) is 10.3. The van der Waals surface area contributed by atoms with Gasteiger partial charge < -0.3 is 15.7 Å². The van der Waals surface area contributed by atoms with Crippen LogP contribution in [0.3, 0.4) is 0 Å². The van der Waals surface area contributed by atoms with E-state index in [-0.39, 0.29) is 6.42 Å². The van der Waals surface area contributed by atoms with Crippen LogP contribution >= 0.6 is 11.8 Å². The van der Waals surface area contributed by atoms with Gasteiger partial charge in [-0.1, -0.05) is 62.2 Å². The predicted octanol–water partition coefficient (Wildman–Crippen LogP) is 4.96. The quantitative estimate of drug-likeness (QED) is 0.643. The van der Waals surface area contributed by atoms with Gasteiger partial charge in [-0.2, -0.15) is 0 Å². The van der Waals surface area contributed by atoms with Gasteiger partial charge in [-0.25, -0.2) is 0 Å². The molecule has 4 nitrogen and oxygen atoms in total. The Morgan fingerprint density at radius 2 is 1.69 bits per heavy atom. The van der Waals surface area contributed by atoms with Crippen molar-refractivity contribution in [2.45, 2.75) is 55.4 Å². The number of nitrogens with zero attached hydrogens (tertiary/aromatic N) is 1. The number of carboxylic acid groups (broad SMARTS) is 1. The zero-order valence-electron chi connectivity index (χ0n) is 15.2. The molecule has 1 aliphatic rings. The summed E-state index contributed by atoms with van der Waals surface area (Å²) in [4.78, 5) is 15.9. The number of rotatable bonds is 8. The first kappa shape index (κ1) is 18.8. The first-order valence-corrected chi connectivity index (χ1v) is 10.1. The first-order chi connectivity index (χ1) is 12.7. The molecule has 0 bridgehead atoms. The normalized spacial score (nSPS) is 12.6. The van der Waals surface area contributed by atoms with Crippen LogP contribution in [0.5, 0.6) is 0 Å². The van der Waals surface area contributed by atoms with Crippen LogP contribution in [0.1, 0.15) is 43.7 Å². The molecule has 0 spiro atoms. The van der Waals surface area contributed by atoms with Crippen LogP contribution in [-0.2, 0) is 17.8 Å². The van der Waals surface area contributed by atoms with Gasteiger partial charge in [0, 0.05) is 22.9 Å². The second kappa shape index (κ2) is 8.60. The first-order valence-electron chi connectivity index (χ1n) is 9.26. The number of hydrogen-bond acceptors (Lipinski definition) is 4. The molecule has 138 valence electrons. The molecule has 0 radical (unpaired) electrons. The zero-order valence-corrected chi connectivity index (χ0v) is 16.0. The zero-order chi connectivity index (χ0) is 18.5. The lowest BCUT2D eigenvalue weighted by atomic mass is 10.1. The Labute approximate surface area is 159 Å². The molecule has 3 rings (SSSR count). The van der Waals surface area contributed by atoms with Crippen LogP contribution < -0.4 is 10.6 Å². The number of carboxylic acids is 1. The van der Waals surface area contributed by atoms with Crippen LogP contribution in [0.25, 0.3) is 0 Å². The Bertz CT molecular complexity index is 792. The molecule has 0 saturated heterocycles. The third-order valence-electron chi connectivity index (χ3n) is 4.73. The van der Waals surface area contributed by atoms with Crippen molar-refractivity contribution in [3.8, 4) is 0 Å². The van der Waals surface area contributed by atoms with Crippen molar-refractivity contribution in [1.29, 1.82) is 0 Å². The van der Waals surface area contributed by atoms with Crippen molar-refractivity contribution in [2.24, 2.45) is 5.73 Å². The van der Waals surface area contributed by atoms with Crippen LogP contribution in [0.2, 0.25) is 0 Å². The van der Waals surface area contributed by atoms with E-state index < -0.39 is 5.97 Å². The number of benzene rings is 2. The van der Waals surface area contributed by atoms with Crippen LogP contribution in [0, 0.1) is 0 Å². The summed E-state index contributed by atoms with van der Waals surface area (Å²) in [6.45, 7) is 3.63. The summed E-state index contributed by atoms with van der Waals surface area (Å²) < 4.78 is 0. The molecule has 1 aliphatic heterocycles. The maximum atomic E-state index is 11.3. The Morgan fingerprint density at radius 3 is 2.31 bits per heavy atom. The number of carbonyl (C=O) groups is 1. The molecule has 0 aliphatic carbocycles. The van der Waals surface area contributed by atoms with Gasteiger partial charge in [0.2, 0.25) is 0 Å². The second-order valence-corrected chi connectivity index (χ2v) is 7.64. The van der Waals surface area contributed by atoms with E-state index in [0.29, 0.717) is 6.54 Å². The fraction of sp³-hybridized carbons (Fsp3) is 0.381. The smallest absolute Gasteiger partial charge is 0.307 e. The highest BCUT2D eigenvalue weighted by Crippen LogP contribution is 2.50. The van der Waals surface area contributed by atoms with E-state index in [1.807, 2.05) is 12.1 Å². The summed E-state index contributed by atoms with van der Waals surface area (Å²) in [5.74, 6) is -0.800. The third-order valence-corrected chi connectivity index (χ3v) is 6.09. The molecular formula is C21H26N2O2S. The van der Waals surface area contributed by atoms with Crippen LogP contribution in [-0.4, -0.2) is 17.6 Å². The van der Waals surface area contributed by atoms with Crippen molar-refractivity contribution >= 4 is 29.1 Å². The lowest BCUT2D eigenvalue weighted by molar-refractivity contribution is -0.136. The van der Waals surface area contributed by atoms with E-state index in [2.05, 4.69) is 36.1 Å². The molecule has 0 fully saturated rings. The number of aliphatic carboxylic acids is 1. The third kappa shape index (κ3) is 3.89. The second-order valence-electron chi connectivity index (χ2n) is 6.62. The number of nitrogens with two attached hydrogens (primary N) is 1. The van der Waals surface area contributed by atoms with E-state index in [4.69, 9.17) is 5.73 Å². The molecular weight excluding hydrogens is 344 g/mol. The fourth-order valence-electron chi connectivity index (χ4n) is 3.44. The van der Waals surface area contributed by atoms with Crippen molar-refractivity contribution in [3.63, 3.8) is 0 Å². The molecule has 1 heterocycles. The molecule has 3 N–H and O–H groups in total. The highest BCUT2D eigenvalue weighted by atomic mass is 32.2. The molecule has 0 atom stereocenters. The van der Waals surface area contributed by atoms with Gasteiger partial charge in [0.25, 0.3) is 0 Å². The summed E-state index contributed by atoms with van der Waals surface area (Å²) in [6.07, 6.45) is 4.82. The van der Waals surface area contributed by atoms with E-state index in [0.717, 1.165) is 39.6 Å². The van der Waals surface area contributed by atoms with Crippen LogP contribution in [0.4, 0.5) is 11.4 Å². The maximum absolute atomic E-state index is 11.3. The number of unbranched alkanes of at least 4 members (excludes halogenated alkanes) is 3. The van der Waals surface area contributed by atoms with E-state index in [1.54, 1.807) is 11.8 Å². The summed E-state index contributed by atoms with van der Waals surface area (Å²) in [5, 5.41) is 9.29. The predicted molar refractivity (Wildman–Crippen MR) is 107 cm³/mol. The van der Waals surface area contributed by atoms with E-state index >= 15 is 0 Å². The Morgan fingerprint density at radius 1 is 1.04 bits per heavy atom. The number of anilines is 2. The SMILES string of the molecule is CCCCCCN1c2cccc(CN)c2Sc2c(CC(=O)O)cccc21. The minimum absolute atomic E-state index is 0.0416. The van der Waals surface area contributed by atoms with Gasteiger partial charge in [-0.15, -0.1) is 0 Å². The molecule has 0 unspecified atom stereocenters. The van der Waals surface area contributed by atoms with Gasteiger partial charge in [-0.3, -0.25) is 4.79 Å². The largest absolute Gasteiger partial charge is 0.481 e. The molecule has 26 heavy (non-hydrogen) atoms. The topological polar surface area (TPSA) is 66.6 Å². The Kier molecular flexibility index (Phi) is 6.22. The molecule has 2 aromatic carbocycles. The highest BCUT2D eigenvalue weighted by Gasteiger charge is 2.27. The van der Waals surface area contributed by atoms with E-state index in [9.17, 15) is 9.90 Å². The van der Waals surface area contributed by atoms with Crippen molar-refractivity contribution < 1.29 is 9.90 Å². The molecule has 0 amide bonds. The highest BCUT2D eigenvalue weighted by molar-refractivity contribution is 7.99. The monoisotopic (exact) mass is 370 g/mol. The minimum Gasteiger partial charge on any atom is -0.481 e. The Hall–Kier alpha value is -1.98. The van der Waals surface area contributed by atoms with Gasteiger partial charge in [-0.05, 0) is 29.7 Å². The van der Waals surface area contributed by atoms with Gasteiger partial charge >= 0.3 is 5.97 Å². The minimum atomic E-state index is -0.800. The lowest BCUT2D eigenvalue weighted by Crippen LogP contribution is -2.23. The van der Waals surface area contributed by atoms with Crippen molar-refractivity contribution in [2.75, 3.05) is 11.4 Å². The summed E-state index contributed by atoms with van der Waals surface area (Å²) in [6, 6.07) is 12.3. The summed E-state index contributed by atoms with van der Waals surface area (Å²) in [7, 11) is 0. The molecule has 2 aromatic rings. The van der Waals surface area contributed by atoms with Crippen LogP contribution in [0.15, 0.2) is 46.2 Å². The summed E-state index contributed by atoms with van der Waals surface area (Å²) >= 11 is 1.66. The average molecular weight is 371 g/mol.